The van der Waals surface area contributed by atoms with Gasteiger partial charge in [0.2, 0.25) is 0 Å². The molecule has 1 aromatic heterocycles. The summed E-state index contributed by atoms with van der Waals surface area (Å²) in [5.41, 5.74) is 3.84. The smallest absolute Gasteiger partial charge is 0.252 e. The van der Waals surface area contributed by atoms with Crippen LogP contribution in [0.2, 0.25) is 0 Å². The maximum Gasteiger partial charge on any atom is 0.252 e. The fraction of sp³-hybridized carbons (Fsp3) is 0.519. The molecule has 1 aliphatic carbocycles. The monoisotopic (exact) mass is 404 g/mol. The van der Waals surface area contributed by atoms with Crippen LogP contribution in [-0.2, 0) is 13.0 Å². The van der Waals surface area contributed by atoms with Gasteiger partial charge in [-0.2, -0.15) is 0 Å². The van der Waals surface area contributed by atoms with Crippen LogP contribution in [0.15, 0.2) is 53.5 Å². The summed E-state index contributed by atoms with van der Waals surface area (Å²) in [7, 11) is 0. The first-order valence-corrected chi connectivity index (χ1v) is 11.9. The van der Waals surface area contributed by atoms with E-state index in [1.165, 1.54) is 68.9 Å². The number of nitrogens with one attached hydrogen (secondary N) is 1. The van der Waals surface area contributed by atoms with Gasteiger partial charge in [0, 0.05) is 18.3 Å². The number of aromatic nitrogens is 1. The molecule has 1 aliphatic heterocycles. The first kappa shape index (κ1) is 21.1. The van der Waals surface area contributed by atoms with Crippen LogP contribution in [-0.4, -0.2) is 23.0 Å². The first-order chi connectivity index (χ1) is 14.8. The molecule has 0 unspecified atom stereocenters. The number of allylic oxidation sites excluding steroid dienone is 1. The van der Waals surface area contributed by atoms with Crippen molar-refractivity contribution in [2.45, 2.75) is 64.3 Å². The molecule has 2 heterocycles. The van der Waals surface area contributed by atoms with Crippen molar-refractivity contribution in [3.05, 3.63) is 75.7 Å². The normalized spacial score (nSPS) is 19.5. The molecule has 2 aliphatic rings. The van der Waals surface area contributed by atoms with E-state index in [-0.39, 0.29) is 5.56 Å². The van der Waals surface area contributed by atoms with Crippen LogP contribution >= 0.6 is 0 Å². The number of pyridine rings is 1. The van der Waals surface area contributed by atoms with Crippen molar-refractivity contribution >= 4 is 6.08 Å². The standard InChI is InChI=1S/C27H36N2O/c30-27-26(11-6-18-28-27)21-29-19-16-23(17-20-29)13-15-25-10-5-4-9-24(25)14-12-22-7-2-1-3-8-22/h4-6,9-11,13,15,18,22-23H,1-3,7-8,12,14,16-17,19-21H2,(H,28,30). The van der Waals surface area contributed by atoms with Gasteiger partial charge in [0.1, 0.15) is 0 Å². The molecule has 0 spiro atoms. The lowest BCUT2D eigenvalue weighted by atomic mass is 9.84. The van der Waals surface area contributed by atoms with Crippen LogP contribution in [0, 0.1) is 11.8 Å². The Kier molecular flexibility index (Phi) is 7.58. The lowest BCUT2D eigenvalue weighted by molar-refractivity contribution is 0.195. The molecule has 0 bridgehead atoms. The number of likely N-dealkylation sites (tertiary alicyclic amines) is 1. The summed E-state index contributed by atoms with van der Waals surface area (Å²) in [6, 6.07) is 12.8. The second kappa shape index (κ2) is 10.8. The second-order valence-electron chi connectivity index (χ2n) is 9.24. The molecule has 2 fully saturated rings. The van der Waals surface area contributed by atoms with Crippen molar-refractivity contribution < 1.29 is 0 Å². The number of aryl methyl sites for hydroxylation is 1. The summed E-state index contributed by atoms with van der Waals surface area (Å²) in [5.74, 6) is 1.58. The average molecular weight is 405 g/mol. The van der Waals surface area contributed by atoms with Gasteiger partial charge in [-0.1, -0.05) is 74.6 Å². The van der Waals surface area contributed by atoms with E-state index >= 15 is 0 Å². The molecule has 3 nitrogen and oxygen atoms in total. The van der Waals surface area contributed by atoms with Gasteiger partial charge in [-0.15, -0.1) is 0 Å². The van der Waals surface area contributed by atoms with Crippen LogP contribution in [0.5, 0.6) is 0 Å². The van der Waals surface area contributed by atoms with Gasteiger partial charge in [0.15, 0.2) is 0 Å². The molecule has 1 aromatic carbocycles. The molecule has 3 heteroatoms. The third-order valence-electron chi connectivity index (χ3n) is 7.08. The van der Waals surface area contributed by atoms with Gasteiger partial charge in [0.05, 0.1) is 0 Å². The predicted molar refractivity (Wildman–Crippen MR) is 125 cm³/mol. The highest BCUT2D eigenvalue weighted by Crippen LogP contribution is 2.28. The second-order valence-corrected chi connectivity index (χ2v) is 9.24. The molecule has 1 saturated carbocycles. The minimum absolute atomic E-state index is 0.0457. The fourth-order valence-electron chi connectivity index (χ4n) is 5.13. The number of hydrogen-bond donors (Lipinski definition) is 1. The van der Waals surface area contributed by atoms with E-state index in [4.69, 9.17) is 0 Å². The topological polar surface area (TPSA) is 36.1 Å². The number of rotatable bonds is 7. The summed E-state index contributed by atoms with van der Waals surface area (Å²) in [5, 5.41) is 0. The van der Waals surface area contributed by atoms with Crippen molar-refractivity contribution in [3.63, 3.8) is 0 Å². The van der Waals surface area contributed by atoms with Crippen LogP contribution in [0.1, 0.15) is 68.1 Å². The zero-order valence-corrected chi connectivity index (χ0v) is 18.2. The molecule has 0 radical (unpaired) electrons. The molecule has 0 amide bonds. The molecule has 4 rings (SSSR count). The molecule has 30 heavy (non-hydrogen) atoms. The molecular weight excluding hydrogens is 368 g/mol. The van der Waals surface area contributed by atoms with Crippen molar-refractivity contribution in [2.75, 3.05) is 13.1 Å². The molecule has 160 valence electrons. The van der Waals surface area contributed by atoms with E-state index in [1.807, 2.05) is 12.1 Å². The lowest BCUT2D eigenvalue weighted by Crippen LogP contribution is -2.34. The molecule has 1 N–H and O–H groups in total. The maximum absolute atomic E-state index is 11.9. The quantitative estimate of drug-likeness (QED) is 0.632. The summed E-state index contributed by atoms with van der Waals surface area (Å²) in [4.78, 5) is 17.1. The van der Waals surface area contributed by atoms with Crippen molar-refractivity contribution in [1.29, 1.82) is 0 Å². The van der Waals surface area contributed by atoms with Gasteiger partial charge < -0.3 is 4.98 Å². The Balaban J connectivity index is 1.28. The summed E-state index contributed by atoms with van der Waals surface area (Å²) >= 11 is 0. The first-order valence-electron chi connectivity index (χ1n) is 11.9. The SMILES string of the molecule is O=c1[nH]cccc1CN1CCC(C=Cc2ccccc2CCC2CCCCC2)CC1. The minimum Gasteiger partial charge on any atom is -0.329 e. The number of benzene rings is 1. The molecular formula is C27H36N2O. The van der Waals surface area contributed by atoms with E-state index in [1.54, 1.807) is 6.20 Å². The Morgan fingerprint density at radius 3 is 2.50 bits per heavy atom. The number of aromatic amines is 1. The molecule has 1 saturated heterocycles. The van der Waals surface area contributed by atoms with Gasteiger partial charge in [0.25, 0.3) is 5.56 Å². The van der Waals surface area contributed by atoms with Gasteiger partial charge in [-0.05, 0) is 67.8 Å². The average Bonchev–Trinajstić information content (AvgIpc) is 2.80. The number of piperidine rings is 1. The number of H-pyrrole nitrogens is 1. The highest BCUT2D eigenvalue weighted by molar-refractivity contribution is 5.54. The predicted octanol–water partition coefficient (Wildman–Crippen LogP) is 5.81. The van der Waals surface area contributed by atoms with E-state index in [0.717, 1.165) is 31.1 Å². The lowest BCUT2D eigenvalue weighted by Gasteiger charge is -2.30. The van der Waals surface area contributed by atoms with Crippen LogP contribution in [0.25, 0.3) is 6.08 Å². The van der Waals surface area contributed by atoms with E-state index < -0.39 is 0 Å². The van der Waals surface area contributed by atoms with Crippen molar-refractivity contribution in [2.24, 2.45) is 11.8 Å². The summed E-state index contributed by atoms with van der Waals surface area (Å²) in [6.07, 6.45) is 18.6. The fourth-order valence-corrected chi connectivity index (χ4v) is 5.13. The van der Waals surface area contributed by atoms with Crippen LogP contribution < -0.4 is 5.56 Å². The van der Waals surface area contributed by atoms with Gasteiger partial charge in [-0.3, -0.25) is 9.69 Å². The van der Waals surface area contributed by atoms with Crippen molar-refractivity contribution in [1.82, 2.24) is 9.88 Å². The third-order valence-corrected chi connectivity index (χ3v) is 7.08. The zero-order chi connectivity index (χ0) is 20.6. The van der Waals surface area contributed by atoms with E-state index in [0.29, 0.717) is 5.92 Å². The third kappa shape index (κ3) is 5.95. The summed E-state index contributed by atoms with van der Waals surface area (Å²) in [6.45, 7) is 2.88. The Morgan fingerprint density at radius 2 is 1.70 bits per heavy atom. The van der Waals surface area contributed by atoms with Gasteiger partial charge >= 0.3 is 0 Å². The largest absolute Gasteiger partial charge is 0.329 e. The van der Waals surface area contributed by atoms with E-state index in [2.05, 4.69) is 46.3 Å². The Labute approximate surface area is 181 Å². The summed E-state index contributed by atoms with van der Waals surface area (Å²) < 4.78 is 0. The minimum atomic E-state index is 0.0457. The Hall–Kier alpha value is -2.13. The Bertz CT molecular complexity index is 870. The van der Waals surface area contributed by atoms with Gasteiger partial charge in [-0.25, -0.2) is 0 Å². The van der Waals surface area contributed by atoms with Crippen molar-refractivity contribution in [3.8, 4) is 0 Å². The Morgan fingerprint density at radius 1 is 0.933 bits per heavy atom. The van der Waals surface area contributed by atoms with Crippen LogP contribution in [0.3, 0.4) is 0 Å². The molecule has 2 aromatic rings. The highest BCUT2D eigenvalue weighted by atomic mass is 16.1. The zero-order valence-electron chi connectivity index (χ0n) is 18.2. The maximum atomic E-state index is 11.9. The van der Waals surface area contributed by atoms with Crippen LogP contribution in [0.4, 0.5) is 0 Å². The van der Waals surface area contributed by atoms with E-state index in [9.17, 15) is 4.79 Å². The molecule has 0 atom stereocenters. The number of nitrogens with zero attached hydrogens (tertiary/aromatic N) is 1. The number of hydrogen-bond acceptors (Lipinski definition) is 2. The highest BCUT2D eigenvalue weighted by Gasteiger charge is 2.18.